The zero-order chi connectivity index (χ0) is 14.7. The molecule has 0 saturated heterocycles. The first-order valence-electron chi connectivity index (χ1n) is 5.82. The Morgan fingerprint density at radius 1 is 1.10 bits per heavy atom. The average Bonchev–Trinajstić information content (AvgIpc) is 2.44. The highest BCUT2D eigenvalue weighted by molar-refractivity contribution is 7.57. The minimum absolute atomic E-state index is 0.0559. The molecule has 1 atom stereocenters. The summed E-state index contributed by atoms with van der Waals surface area (Å²) in [6, 6.07) is 8.58. The molecule has 2 aromatic carbocycles. The van der Waals surface area contributed by atoms with E-state index in [4.69, 9.17) is 5.11 Å². The maximum Gasteiger partial charge on any atom is 0.242 e. The lowest BCUT2D eigenvalue weighted by Gasteiger charge is -2.09. The second-order valence-electron chi connectivity index (χ2n) is 4.10. The minimum atomic E-state index is -0.726. The van der Waals surface area contributed by atoms with Crippen molar-refractivity contribution >= 4 is 19.9 Å². The molecule has 0 heterocycles. The highest BCUT2D eigenvalue weighted by Gasteiger charge is 2.09. The Labute approximate surface area is 117 Å². The fraction of sp³-hybridized carbons (Fsp3) is 0.0714. The summed E-state index contributed by atoms with van der Waals surface area (Å²) in [6.07, 6.45) is 0. The van der Waals surface area contributed by atoms with Gasteiger partial charge < -0.3 is 15.5 Å². The van der Waals surface area contributed by atoms with Gasteiger partial charge in [-0.2, -0.15) is 0 Å². The van der Waals surface area contributed by atoms with E-state index in [0.717, 1.165) is 0 Å². The second-order valence-corrected chi connectivity index (χ2v) is 5.06. The van der Waals surface area contributed by atoms with Crippen LogP contribution in [0.3, 0.4) is 0 Å². The lowest BCUT2D eigenvalue weighted by Crippen LogP contribution is -2.02. The van der Waals surface area contributed by atoms with Gasteiger partial charge in [0.05, 0.1) is 5.69 Å². The molecule has 0 spiro atoms. The number of phenols is 2. The molecule has 2 rings (SSSR count). The van der Waals surface area contributed by atoms with Gasteiger partial charge in [-0.3, -0.25) is 4.79 Å². The van der Waals surface area contributed by atoms with E-state index in [-0.39, 0.29) is 25.7 Å². The summed E-state index contributed by atoms with van der Waals surface area (Å²) in [7, 11) is 0.0588. The van der Waals surface area contributed by atoms with Crippen LogP contribution in [0.2, 0.25) is 0 Å². The monoisotopic (exact) mass is 293 g/mol. The number of carbonyl (C=O) groups is 1. The third-order valence-corrected chi connectivity index (χ3v) is 3.33. The molecule has 2 aromatic rings. The van der Waals surface area contributed by atoms with Gasteiger partial charge in [0.2, 0.25) is 5.65 Å². The lowest BCUT2D eigenvalue weighted by molar-refractivity contribution is 0.269. The van der Waals surface area contributed by atoms with Crippen LogP contribution in [0.1, 0.15) is 0 Å². The third-order valence-electron chi connectivity index (χ3n) is 2.75. The summed E-state index contributed by atoms with van der Waals surface area (Å²) in [5.41, 5.74) is 1.23. The van der Waals surface area contributed by atoms with Crippen molar-refractivity contribution in [2.45, 2.75) is 0 Å². The Morgan fingerprint density at radius 3 is 2.30 bits per heavy atom. The lowest BCUT2D eigenvalue weighted by atomic mass is 10.0. The number of hydrogen-bond donors (Lipinski definition) is 3. The van der Waals surface area contributed by atoms with E-state index in [1.807, 2.05) is 0 Å². The van der Waals surface area contributed by atoms with Crippen molar-refractivity contribution in [3.05, 3.63) is 42.2 Å². The van der Waals surface area contributed by atoms with Crippen molar-refractivity contribution in [1.29, 1.82) is 0 Å². The van der Waals surface area contributed by atoms with Crippen LogP contribution < -0.4 is 5.32 Å². The molecule has 0 aliphatic heterocycles. The van der Waals surface area contributed by atoms with Gasteiger partial charge in [-0.1, -0.05) is 12.1 Å². The number of rotatable bonds is 3. The molecule has 0 bridgehead atoms. The molecule has 4 nitrogen and oxygen atoms in total. The number of benzene rings is 2. The predicted molar refractivity (Wildman–Crippen MR) is 78.4 cm³/mol. The molecule has 104 valence electrons. The van der Waals surface area contributed by atoms with Crippen LogP contribution in [-0.2, 0) is 0 Å². The topological polar surface area (TPSA) is 69.6 Å². The smallest absolute Gasteiger partial charge is 0.242 e. The van der Waals surface area contributed by atoms with Crippen molar-refractivity contribution in [2.75, 3.05) is 12.0 Å². The standard InChI is InChI=1S/C14H13FNO3P/c1-20-14(19)16-11-7-9(3-5-13(11)18)8-2-4-12(17)10(15)6-8/h2-7,17-18,20H,1H3,(H,16,19). The molecule has 3 N–H and O–H groups in total. The van der Waals surface area contributed by atoms with Crippen molar-refractivity contribution in [3.8, 4) is 22.6 Å². The average molecular weight is 293 g/mol. The van der Waals surface area contributed by atoms with Gasteiger partial charge in [0.1, 0.15) is 5.75 Å². The van der Waals surface area contributed by atoms with Crippen LogP contribution in [0, 0.1) is 5.82 Å². The van der Waals surface area contributed by atoms with Gasteiger partial charge in [0.25, 0.3) is 0 Å². The molecule has 0 aliphatic carbocycles. The number of halogens is 1. The molecule has 1 amide bonds. The Balaban J connectivity index is 2.40. The first kappa shape index (κ1) is 14.3. The first-order chi connectivity index (χ1) is 9.51. The molecular weight excluding hydrogens is 280 g/mol. The van der Waals surface area contributed by atoms with Crippen LogP contribution >= 0.6 is 8.58 Å². The van der Waals surface area contributed by atoms with E-state index in [2.05, 4.69) is 5.32 Å². The summed E-state index contributed by atoms with van der Waals surface area (Å²) in [5, 5.41) is 21.4. The number of phenolic OH excluding ortho intramolecular Hbond substituents is 2. The molecule has 6 heteroatoms. The third kappa shape index (κ3) is 3.06. The normalized spacial score (nSPS) is 10.9. The maximum absolute atomic E-state index is 13.3. The minimum Gasteiger partial charge on any atom is -0.506 e. The molecule has 0 radical (unpaired) electrons. The number of hydrogen-bond acceptors (Lipinski definition) is 3. The van der Waals surface area contributed by atoms with Gasteiger partial charge in [0, 0.05) is 0 Å². The van der Waals surface area contributed by atoms with E-state index >= 15 is 0 Å². The number of anilines is 1. The Morgan fingerprint density at radius 2 is 1.70 bits per heavy atom. The van der Waals surface area contributed by atoms with Gasteiger partial charge in [0.15, 0.2) is 11.6 Å². The highest BCUT2D eigenvalue weighted by Crippen LogP contribution is 2.32. The molecule has 1 unspecified atom stereocenters. The first-order valence-corrected chi connectivity index (χ1v) is 7.32. The molecule has 0 aliphatic rings. The van der Waals surface area contributed by atoms with E-state index in [9.17, 15) is 14.3 Å². The van der Waals surface area contributed by atoms with Crippen LogP contribution in [0.25, 0.3) is 11.1 Å². The van der Waals surface area contributed by atoms with Crippen molar-refractivity contribution < 1.29 is 19.4 Å². The van der Waals surface area contributed by atoms with E-state index < -0.39 is 11.6 Å². The zero-order valence-electron chi connectivity index (χ0n) is 10.6. The Bertz CT molecular complexity index is 661. The van der Waals surface area contributed by atoms with E-state index in [0.29, 0.717) is 11.1 Å². The quantitative estimate of drug-likeness (QED) is 0.596. The number of carbonyl (C=O) groups excluding carboxylic acids is 1. The Kier molecular flexibility index (Phi) is 4.20. The van der Waals surface area contributed by atoms with Crippen LogP contribution in [0.15, 0.2) is 36.4 Å². The molecule has 0 aromatic heterocycles. The maximum atomic E-state index is 13.3. The van der Waals surface area contributed by atoms with Crippen LogP contribution in [0.4, 0.5) is 14.9 Å². The fourth-order valence-corrected chi connectivity index (χ4v) is 1.95. The van der Waals surface area contributed by atoms with Gasteiger partial charge in [-0.15, -0.1) is 0 Å². The number of aromatic hydroxyl groups is 2. The van der Waals surface area contributed by atoms with Crippen molar-refractivity contribution in [2.24, 2.45) is 0 Å². The Hall–Kier alpha value is -2.13. The van der Waals surface area contributed by atoms with Crippen molar-refractivity contribution in [1.82, 2.24) is 0 Å². The molecular formula is C14H13FNO3P. The molecule has 20 heavy (non-hydrogen) atoms. The van der Waals surface area contributed by atoms with Gasteiger partial charge in [-0.25, -0.2) is 4.39 Å². The van der Waals surface area contributed by atoms with Crippen LogP contribution in [0.5, 0.6) is 11.5 Å². The molecule has 0 fully saturated rings. The summed E-state index contributed by atoms with van der Waals surface area (Å²) in [6.45, 7) is 1.73. The van der Waals surface area contributed by atoms with E-state index in [1.54, 1.807) is 24.9 Å². The van der Waals surface area contributed by atoms with Gasteiger partial charge >= 0.3 is 0 Å². The largest absolute Gasteiger partial charge is 0.506 e. The summed E-state index contributed by atoms with van der Waals surface area (Å²) in [4.78, 5) is 11.4. The summed E-state index contributed by atoms with van der Waals surface area (Å²) >= 11 is 0. The van der Waals surface area contributed by atoms with Crippen LogP contribution in [-0.4, -0.2) is 22.5 Å². The highest BCUT2D eigenvalue weighted by atomic mass is 31.1. The predicted octanol–water partition coefficient (Wildman–Crippen LogP) is 3.74. The number of amides is 1. The van der Waals surface area contributed by atoms with Crippen molar-refractivity contribution in [3.63, 3.8) is 0 Å². The summed E-state index contributed by atoms with van der Waals surface area (Å²) < 4.78 is 13.3. The fourth-order valence-electron chi connectivity index (χ4n) is 1.69. The second kappa shape index (κ2) is 5.88. The molecule has 0 saturated carbocycles. The summed E-state index contributed by atoms with van der Waals surface area (Å²) in [5.74, 6) is -1.20. The van der Waals surface area contributed by atoms with Gasteiger partial charge in [-0.05, 0) is 50.6 Å². The SMILES string of the molecule is CPC(=O)Nc1cc(-c2ccc(O)c(F)c2)ccc1O. The van der Waals surface area contributed by atoms with E-state index in [1.165, 1.54) is 18.2 Å². The zero-order valence-corrected chi connectivity index (χ0v) is 11.6. The number of nitrogens with one attached hydrogen (secondary N) is 1.